The van der Waals surface area contributed by atoms with Crippen molar-refractivity contribution in [2.24, 2.45) is 0 Å². The van der Waals surface area contributed by atoms with E-state index in [0.29, 0.717) is 28.1 Å². The Morgan fingerprint density at radius 1 is 1.32 bits per heavy atom. The molecule has 19 heavy (non-hydrogen) atoms. The SMILES string of the molecule is CCCOc1cccc(C(=O)c2cccnc2Br)c1. The summed E-state index contributed by atoms with van der Waals surface area (Å²) in [5, 5.41) is 0. The van der Waals surface area contributed by atoms with Crippen molar-refractivity contribution in [2.75, 3.05) is 6.61 Å². The molecule has 0 atom stereocenters. The third-order valence-electron chi connectivity index (χ3n) is 2.57. The summed E-state index contributed by atoms with van der Waals surface area (Å²) in [5.74, 6) is 0.648. The van der Waals surface area contributed by atoms with Gasteiger partial charge in [-0.15, -0.1) is 0 Å². The van der Waals surface area contributed by atoms with Crippen LogP contribution in [0.1, 0.15) is 29.3 Å². The van der Waals surface area contributed by atoms with Gasteiger partial charge in [-0.1, -0.05) is 19.1 Å². The molecule has 0 saturated carbocycles. The smallest absolute Gasteiger partial charge is 0.195 e. The van der Waals surface area contributed by atoms with Crippen molar-refractivity contribution in [1.82, 2.24) is 4.98 Å². The molecule has 0 aliphatic rings. The van der Waals surface area contributed by atoms with Crippen LogP contribution in [0.25, 0.3) is 0 Å². The maximum Gasteiger partial charge on any atom is 0.195 e. The first-order valence-corrected chi connectivity index (χ1v) is 6.89. The first kappa shape index (κ1) is 13.7. The molecule has 0 aliphatic heterocycles. The van der Waals surface area contributed by atoms with E-state index in [2.05, 4.69) is 20.9 Å². The number of ether oxygens (including phenoxy) is 1. The summed E-state index contributed by atoms with van der Waals surface area (Å²) in [7, 11) is 0. The van der Waals surface area contributed by atoms with Gasteiger partial charge in [-0.25, -0.2) is 4.98 Å². The molecular weight excluding hydrogens is 306 g/mol. The van der Waals surface area contributed by atoms with Gasteiger partial charge in [-0.2, -0.15) is 0 Å². The second-order valence-electron chi connectivity index (χ2n) is 4.05. The number of ketones is 1. The number of carbonyl (C=O) groups is 1. The Morgan fingerprint density at radius 2 is 2.16 bits per heavy atom. The average Bonchev–Trinajstić information content (AvgIpc) is 2.45. The molecule has 0 bridgehead atoms. The molecule has 1 aromatic carbocycles. The fourth-order valence-electron chi connectivity index (χ4n) is 1.66. The maximum absolute atomic E-state index is 12.4. The fourth-order valence-corrected chi connectivity index (χ4v) is 2.09. The van der Waals surface area contributed by atoms with E-state index >= 15 is 0 Å². The van der Waals surface area contributed by atoms with Crippen LogP contribution in [-0.4, -0.2) is 17.4 Å². The number of halogens is 1. The third kappa shape index (κ3) is 3.41. The lowest BCUT2D eigenvalue weighted by Crippen LogP contribution is -2.04. The molecule has 0 radical (unpaired) electrons. The molecule has 0 fully saturated rings. The molecule has 98 valence electrons. The van der Waals surface area contributed by atoms with Crippen LogP contribution in [0.4, 0.5) is 0 Å². The maximum atomic E-state index is 12.4. The minimum atomic E-state index is -0.0677. The number of carbonyl (C=O) groups excluding carboxylic acids is 1. The molecule has 0 amide bonds. The Bertz CT molecular complexity index is 584. The highest BCUT2D eigenvalue weighted by Gasteiger charge is 2.13. The van der Waals surface area contributed by atoms with E-state index in [4.69, 9.17) is 4.74 Å². The molecule has 2 aromatic rings. The van der Waals surface area contributed by atoms with E-state index in [0.717, 1.165) is 6.42 Å². The minimum absolute atomic E-state index is 0.0677. The van der Waals surface area contributed by atoms with Crippen molar-refractivity contribution >= 4 is 21.7 Å². The largest absolute Gasteiger partial charge is 0.494 e. The lowest BCUT2D eigenvalue weighted by atomic mass is 10.1. The Morgan fingerprint density at radius 3 is 2.89 bits per heavy atom. The monoisotopic (exact) mass is 319 g/mol. The average molecular weight is 320 g/mol. The normalized spacial score (nSPS) is 10.2. The number of rotatable bonds is 5. The zero-order valence-electron chi connectivity index (χ0n) is 10.6. The quantitative estimate of drug-likeness (QED) is 0.620. The highest BCUT2D eigenvalue weighted by Crippen LogP contribution is 2.20. The first-order valence-electron chi connectivity index (χ1n) is 6.10. The molecular formula is C15H14BrNO2. The summed E-state index contributed by atoms with van der Waals surface area (Å²) in [4.78, 5) is 16.4. The number of hydrogen-bond donors (Lipinski definition) is 0. The van der Waals surface area contributed by atoms with Gasteiger partial charge < -0.3 is 4.74 Å². The topological polar surface area (TPSA) is 39.2 Å². The van der Waals surface area contributed by atoms with Gasteiger partial charge in [-0.3, -0.25) is 4.79 Å². The van der Waals surface area contributed by atoms with Crippen molar-refractivity contribution in [3.63, 3.8) is 0 Å². The van der Waals surface area contributed by atoms with Gasteiger partial charge in [-0.05, 0) is 46.6 Å². The summed E-state index contributed by atoms with van der Waals surface area (Å²) < 4.78 is 6.09. The number of aromatic nitrogens is 1. The van der Waals surface area contributed by atoms with E-state index in [9.17, 15) is 4.79 Å². The summed E-state index contributed by atoms with van der Waals surface area (Å²) in [5.41, 5.74) is 1.15. The van der Waals surface area contributed by atoms with E-state index < -0.39 is 0 Å². The molecule has 0 aliphatic carbocycles. The fraction of sp³-hybridized carbons (Fsp3) is 0.200. The molecule has 0 saturated heterocycles. The van der Waals surface area contributed by atoms with Crippen molar-refractivity contribution in [2.45, 2.75) is 13.3 Å². The lowest BCUT2D eigenvalue weighted by Gasteiger charge is -2.07. The molecule has 0 N–H and O–H groups in total. The first-order chi connectivity index (χ1) is 9.22. The van der Waals surface area contributed by atoms with Crippen LogP contribution in [0.3, 0.4) is 0 Å². The molecule has 0 unspecified atom stereocenters. The van der Waals surface area contributed by atoms with Crippen LogP contribution in [-0.2, 0) is 0 Å². The van der Waals surface area contributed by atoms with Crippen LogP contribution in [0, 0.1) is 0 Å². The Labute approximate surface area is 120 Å². The van der Waals surface area contributed by atoms with Crippen LogP contribution < -0.4 is 4.74 Å². The van der Waals surface area contributed by atoms with E-state index in [1.807, 2.05) is 19.1 Å². The van der Waals surface area contributed by atoms with Crippen molar-refractivity contribution in [3.8, 4) is 5.75 Å². The van der Waals surface area contributed by atoms with E-state index in [-0.39, 0.29) is 5.78 Å². The van der Waals surface area contributed by atoms with Crippen LogP contribution in [0.5, 0.6) is 5.75 Å². The second kappa shape index (κ2) is 6.48. The zero-order valence-corrected chi connectivity index (χ0v) is 12.2. The molecule has 3 nitrogen and oxygen atoms in total. The van der Waals surface area contributed by atoms with Gasteiger partial charge in [0.25, 0.3) is 0 Å². The van der Waals surface area contributed by atoms with Crippen molar-refractivity contribution in [1.29, 1.82) is 0 Å². The molecule has 2 rings (SSSR count). The third-order valence-corrected chi connectivity index (χ3v) is 3.20. The van der Waals surface area contributed by atoms with Crippen LogP contribution in [0.2, 0.25) is 0 Å². The van der Waals surface area contributed by atoms with Crippen LogP contribution in [0.15, 0.2) is 47.2 Å². The number of benzene rings is 1. The van der Waals surface area contributed by atoms with E-state index in [1.165, 1.54) is 0 Å². The zero-order chi connectivity index (χ0) is 13.7. The number of hydrogen-bond acceptors (Lipinski definition) is 3. The second-order valence-corrected chi connectivity index (χ2v) is 4.80. The highest BCUT2D eigenvalue weighted by molar-refractivity contribution is 9.10. The highest BCUT2D eigenvalue weighted by atomic mass is 79.9. The van der Waals surface area contributed by atoms with Crippen LogP contribution >= 0.6 is 15.9 Å². The molecule has 1 heterocycles. The Balaban J connectivity index is 2.27. The Hall–Kier alpha value is -1.68. The summed E-state index contributed by atoms with van der Waals surface area (Å²) in [6.07, 6.45) is 2.58. The Kier molecular flexibility index (Phi) is 4.68. The summed E-state index contributed by atoms with van der Waals surface area (Å²) in [6.45, 7) is 2.69. The van der Waals surface area contributed by atoms with Gasteiger partial charge in [0.15, 0.2) is 5.78 Å². The predicted molar refractivity (Wildman–Crippen MR) is 77.6 cm³/mol. The van der Waals surface area contributed by atoms with Crippen molar-refractivity contribution < 1.29 is 9.53 Å². The molecule has 1 aromatic heterocycles. The lowest BCUT2D eigenvalue weighted by molar-refractivity contribution is 0.103. The summed E-state index contributed by atoms with van der Waals surface area (Å²) in [6, 6.07) is 10.7. The summed E-state index contributed by atoms with van der Waals surface area (Å²) >= 11 is 3.29. The standard InChI is InChI=1S/C15H14BrNO2/c1-2-9-19-12-6-3-5-11(10-12)14(18)13-7-4-8-17-15(13)16/h3-8,10H,2,9H2,1H3. The van der Waals surface area contributed by atoms with Gasteiger partial charge in [0, 0.05) is 11.8 Å². The van der Waals surface area contributed by atoms with Gasteiger partial charge in [0.05, 0.1) is 12.2 Å². The molecule has 0 spiro atoms. The predicted octanol–water partition coefficient (Wildman–Crippen LogP) is 3.86. The van der Waals surface area contributed by atoms with Gasteiger partial charge in [0.2, 0.25) is 0 Å². The molecule has 4 heteroatoms. The van der Waals surface area contributed by atoms with E-state index in [1.54, 1.807) is 30.5 Å². The van der Waals surface area contributed by atoms with Gasteiger partial charge >= 0.3 is 0 Å². The number of nitrogens with zero attached hydrogens (tertiary/aromatic N) is 1. The van der Waals surface area contributed by atoms with Gasteiger partial charge in [0.1, 0.15) is 10.4 Å². The number of pyridine rings is 1. The van der Waals surface area contributed by atoms with Crippen molar-refractivity contribution in [3.05, 3.63) is 58.3 Å². The minimum Gasteiger partial charge on any atom is -0.494 e.